The molecule has 0 spiro atoms. The molecule has 2 aliphatic rings. The summed E-state index contributed by atoms with van der Waals surface area (Å²) in [6.45, 7) is 1.31. The van der Waals surface area contributed by atoms with Gasteiger partial charge in [0.2, 0.25) is 6.79 Å². The predicted molar refractivity (Wildman–Crippen MR) is 115 cm³/mol. The van der Waals surface area contributed by atoms with Crippen LogP contribution in [0.15, 0.2) is 72.8 Å². The van der Waals surface area contributed by atoms with E-state index < -0.39 is 0 Å². The van der Waals surface area contributed by atoms with Gasteiger partial charge in [0.1, 0.15) is 6.10 Å². The van der Waals surface area contributed by atoms with E-state index in [1.165, 1.54) is 0 Å². The molecule has 0 aromatic heterocycles. The van der Waals surface area contributed by atoms with E-state index in [4.69, 9.17) is 14.2 Å². The van der Waals surface area contributed by atoms with E-state index in [2.05, 4.69) is 24.3 Å². The highest BCUT2D eigenvalue weighted by Gasteiger charge is 2.29. The lowest BCUT2D eigenvalue weighted by Gasteiger charge is -2.26. The molecule has 5 rings (SSSR count). The minimum atomic E-state index is -0.389. The van der Waals surface area contributed by atoms with Crippen molar-refractivity contribution in [1.29, 1.82) is 0 Å². The van der Waals surface area contributed by atoms with Crippen LogP contribution >= 0.6 is 0 Å². The molecule has 0 unspecified atom stereocenters. The van der Waals surface area contributed by atoms with Crippen molar-refractivity contribution in [2.75, 3.05) is 18.3 Å². The van der Waals surface area contributed by atoms with Crippen molar-refractivity contribution in [3.8, 4) is 22.6 Å². The maximum atomic E-state index is 13.4. The average molecular weight is 401 g/mol. The van der Waals surface area contributed by atoms with Crippen molar-refractivity contribution in [1.82, 2.24) is 0 Å². The van der Waals surface area contributed by atoms with Gasteiger partial charge in [0.15, 0.2) is 11.5 Å². The molecule has 152 valence electrons. The molecule has 3 aromatic carbocycles. The van der Waals surface area contributed by atoms with E-state index in [1.807, 2.05) is 53.4 Å². The summed E-state index contributed by atoms with van der Waals surface area (Å²) in [5, 5.41) is 0. The van der Waals surface area contributed by atoms with Crippen molar-refractivity contribution >= 4 is 11.6 Å². The number of carbonyl (C=O) groups excluding carboxylic acids is 1. The first kappa shape index (κ1) is 18.7. The number of anilines is 1. The minimum Gasteiger partial charge on any atom is -0.454 e. The van der Waals surface area contributed by atoms with Crippen LogP contribution in [0.25, 0.3) is 11.1 Å². The van der Waals surface area contributed by atoms with Gasteiger partial charge >= 0.3 is 0 Å². The molecule has 0 bridgehead atoms. The Bertz CT molecular complexity index is 1040. The summed E-state index contributed by atoms with van der Waals surface area (Å²) in [6.07, 6.45) is 1.28. The van der Waals surface area contributed by atoms with Crippen LogP contribution in [0.4, 0.5) is 5.69 Å². The molecule has 1 atom stereocenters. The summed E-state index contributed by atoms with van der Waals surface area (Å²) >= 11 is 0. The molecule has 0 N–H and O–H groups in total. The molecule has 2 aliphatic heterocycles. The van der Waals surface area contributed by atoms with Gasteiger partial charge in [-0.3, -0.25) is 4.79 Å². The van der Waals surface area contributed by atoms with E-state index in [0.29, 0.717) is 13.2 Å². The third-order valence-electron chi connectivity index (χ3n) is 5.51. The summed E-state index contributed by atoms with van der Waals surface area (Å²) in [4.78, 5) is 15.2. The lowest BCUT2D eigenvalue weighted by molar-refractivity contribution is -0.127. The van der Waals surface area contributed by atoms with Gasteiger partial charge in [0, 0.05) is 12.3 Å². The smallest absolute Gasteiger partial charge is 0.256 e. The van der Waals surface area contributed by atoms with Crippen LogP contribution in [-0.2, 0) is 16.1 Å². The Morgan fingerprint density at radius 1 is 0.900 bits per heavy atom. The Hall–Kier alpha value is -3.31. The quantitative estimate of drug-likeness (QED) is 0.617. The van der Waals surface area contributed by atoms with E-state index in [1.54, 1.807) is 0 Å². The van der Waals surface area contributed by atoms with Crippen molar-refractivity contribution in [2.24, 2.45) is 0 Å². The second-order valence-electron chi connectivity index (χ2n) is 7.53. The Morgan fingerprint density at radius 2 is 1.73 bits per heavy atom. The molecule has 1 amide bonds. The first-order valence-corrected chi connectivity index (χ1v) is 10.2. The molecule has 0 aliphatic carbocycles. The zero-order chi connectivity index (χ0) is 20.3. The number of hydrogen-bond acceptors (Lipinski definition) is 4. The summed E-state index contributed by atoms with van der Waals surface area (Å²) in [6, 6.07) is 24.1. The van der Waals surface area contributed by atoms with Crippen molar-refractivity contribution in [2.45, 2.75) is 25.5 Å². The van der Waals surface area contributed by atoms with Gasteiger partial charge in [-0.05, 0) is 53.8 Å². The standard InChI is InChI=1S/C25H23NO4/c27-25(23-10-5-13-28-23)26(16-18-11-12-22-24(14-18)30-17-29-22)21-9-4-8-20(15-21)19-6-2-1-3-7-19/h1-4,6-9,11-12,14-15,23H,5,10,13,16-17H2/t23-/m1/s1. The molecule has 1 saturated heterocycles. The average Bonchev–Trinajstić information content (AvgIpc) is 3.49. The highest BCUT2D eigenvalue weighted by atomic mass is 16.7. The normalized spacial score (nSPS) is 17.1. The SMILES string of the molecule is O=C([C@H]1CCCO1)N(Cc1ccc2c(c1)OCO2)c1cccc(-c2ccccc2)c1. The summed E-state index contributed by atoms with van der Waals surface area (Å²) in [5.41, 5.74) is 4.03. The number of ether oxygens (including phenoxy) is 3. The fraction of sp³-hybridized carbons (Fsp3) is 0.240. The lowest BCUT2D eigenvalue weighted by atomic mass is 10.0. The molecule has 0 radical (unpaired) electrons. The molecule has 3 aromatic rings. The van der Waals surface area contributed by atoms with Crippen LogP contribution in [-0.4, -0.2) is 25.4 Å². The van der Waals surface area contributed by atoms with Gasteiger partial charge in [0.25, 0.3) is 5.91 Å². The molecule has 1 fully saturated rings. The monoisotopic (exact) mass is 401 g/mol. The Balaban J connectivity index is 1.49. The van der Waals surface area contributed by atoms with Gasteiger partial charge in [-0.25, -0.2) is 0 Å². The Morgan fingerprint density at radius 3 is 2.57 bits per heavy atom. The number of rotatable bonds is 5. The number of benzene rings is 3. The highest BCUT2D eigenvalue weighted by Crippen LogP contribution is 2.34. The van der Waals surface area contributed by atoms with Gasteiger partial charge in [-0.15, -0.1) is 0 Å². The van der Waals surface area contributed by atoms with Gasteiger partial charge in [-0.1, -0.05) is 48.5 Å². The van der Waals surface area contributed by atoms with Crippen LogP contribution in [0.5, 0.6) is 11.5 Å². The Labute approximate surface area is 175 Å². The summed E-state index contributed by atoms with van der Waals surface area (Å²) in [5.74, 6) is 1.45. The minimum absolute atomic E-state index is 0.00428. The molecule has 2 heterocycles. The second kappa shape index (κ2) is 8.20. The zero-order valence-corrected chi connectivity index (χ0v) is 16.6. The molecule has 5 heteroatoms. The first-order chi connectivity index (χ1) is 14.8. The lowest BCUT2D eigenvalue weighted by Crippen LogP contribution is -2.38. The summed E-state index contributed by atoms with van der Waals surface area (Å²) in [7, 11) is 0. The van der Waals surface area contributed by atoms with Gasteiger partial charge < -0.3 is 19.1 Å². The fourth-order valence-corrected chi connectivity index (χ4v) is 3.95. The highest BCUT2D eigenvalue weighted by molar-refractivity contribution is 5.97. The van der Waals surface area contributed by atoms with Gasteiger partial charge in [0.05, 0.1) is 6.54 Å². The third kappa shape index (κ3) is 3.76. The predicted octanol–water partition coefficient (Wildman–Crippen LogP) is 4.79. The van der Waals surface area contributed by atoms with Crippen LogP contribution in [0.3, 0.4) is 0 Å². The maximum Gasteiger partial charge on any atom is 0.256 e. The Kier molecular flexibility index (Phi) is 5.11. The fourth-order valence-electron chi connectivity index (χ4n) is 3.95. The number of fused-ring (bicyclic) bond motifs is 1. The van der Waals surface area contributed by atoms with Gasteiger partial charge in [-0.2, -0.15) is 0 Å². The van der Waals surface area contributed by atoms with Crippen LogP contribution < -0.4 is 14.4 Å². The van der Waals surface area contributed by atoms with Crippen LogP contribution in [0, 0.1) is 0 Å². The van der Waals surface area contributed by atoms with Crippen LogP contribution in [0.1, 0.15) is 18.4 Å². The second-order valence-corrected chi connectivity index (χ2v) is 7.53. The van der Waals surface area contributed by atoms with Crippen LogP contribution in [0.2, 0.25) is 0 Å². The van der Waals surface area contributed by atoms with E-state index in [9.17, 15) is 4.79 Å². The third-order valence-corrected chi connectivity index (χ3v) is 5.51. The molecule has 30 heavy (non-hydrogen) atoms. The molecular formula is C25H23NO4. The maximum absolute atomic E-state index is 13.4. The van der Waals surface area contributed by atoms with E-state index >= 15 is 0 Å². The van der Waals surface area contributed by atoms with Crippen molar-refractivity contribution in [3.63, 3.8) is 0 Å². The number of nitrogens with zero attached hydrogens (tertiary/aromatic N) is 1. The van der Waals surface area contributed by atoms with E-state index in [-0.39, 0.29) is 18.8 Å². The number of carbonyl (C=O) groups is 1. The largest absolute Gasteiger partial charge is 0.454 e. The number of amides is 1. The molecule has 0 saturated carbocycles. The first-order valence-electron chi connectivity index (χ1n) is 10.2. The zero-order valence-electron chi connectivity index (χ0n) is 16.6. The summed E-state index contributed by atoms with van der Waals surface area (Å²) < 4.78 is 16.6. The van der Waals surface area contributed by atoms with Crippen molar-refractivity contribution < 1.29 is 19.0 Å². The molecule has 5 nitrogen and oxygen atoms in total. The topological polar surface area (TPSA) is 48.0 Å². The van der Waals surface area contributed by atoms with E-state index in [0.717, 1.165) is 46.7 Å². The number of hydrogen-bond donors (Lipinski definition) is 0. The van der Waals surface area contributed by atoms with Crippen molar-refractivity contribution in [3.05, 3.63) is 78.4 Å². The molecular weight excluding hydrogens is 378 g/mol.